The molecule has 8 rings (SSSR count). The number of nitrogens with zero attached hydrogens (tertiary/aromatic N) is 1. The summed E-state index contributed by atoms with van der Waals surface area (Å²) in [6, 6.07) is 60.5. The van der Waals surface area contributed by atoms with Gasteiger partial charge in [0.2, 0.25) is 0 Å². The molecule has 0 saturated carbocycles. The Morgan fingerprint density at radius 2 is 0.900 bits per heavy atom. The summed E-state index contributed by atoms with van der Waals surface area (Å²) in [5.41, 5.74) is 1.54. The largest absolute Gasteiger partial charge is 0.488 e. The summed E-state index contributed by atoms with van der Waals surface area (Å²) in [4.78, 5) is 26.8. The minimum absolute atomic E-state index is 0. The lowest BCUT2D eigenvalue weighted by molar-refractivity contribution is -0.143. The minimum atomic E-state index is -2.70. The number of ether oxygens (including phenoxy) is 2. The molecule has 2 aliphatic rings. The lowest BCUT2D eigenvalue weighted by Gasteiger charge is -2.44. The second kappa shape index (κ2) is 25.0. The minimum Gasteiger partial charge on any atom is -0.468 e. The fraction of sp³-hybridized carbons (Fsp3) is 0.333. The Bertz CT molecular complexity index is 2400. The zero-order valence-corrected chi connectivity index (χ0v) is 43.3. The molecule has 2 fully saturated rings. The standard InChI is InChI=1S/C28H33NO3Si.C22H29NO3Si.C6H7BO2.CH4/c1-28(2,3)33(24-16-10-6-11-17-24,25-18-12-7-13-19-25)32-23-20-26(27(30)31-4)29(21-23)22-14-8-5-9-15-22;1-22(2,3)27(18-11-7-5-8-12-18,19-13-9-6-10-14-19)26-17-15-20(23-16-17)21(24)25-4;8-7(9)6-4-2-1-3-5-6;/h5-19,23,26H,20-21H2,1-4H3;5-14,17,20,23H,15-16H2,1-4H3;1-5,8-9H;1H4/t23-,26+;17-,20+;;/m00../s1. The molecule has 4 atom stereocenters. The smallest absolute Gasteiger partial charge is 0.468 e. The highest BCUT2D eigenvalue weighted by Crippen LogP contribution is 2.41. The van der Waals surface area contributed by atoms with Gasteiger partial charge in [-0.15, -0.1) is 0 Å². The van der Waals surface area contributed by atoms with E-state index in [2.05, 4.69) is 161 Å². The third-order valence-corrected chi connectivity index (χ3v) is 23.2. The predicted octanol–water partition coefficient (Wildman–Crippen LogP) is 6.85. The highest BCUT2D eigenvalue weighted by Gasteiger charge is 2.54. The van der Waals surface area contributed by atoms with E-state index in [9.17, 15) is 9.59 Å². The fourth-order valence-electron chi connectivity index (χ4n) is 9.77. The molecule has 2 saturated heterocycles. The lowest BCUT2D eigenvalue weighted by Crippen LogP contribution is -2.67. The van der Waals surface area contributed by atoms with E-state index in [0.29, 0.717) is 31.4 Å². The summed E-state index contributed by atoms with van der Waals surface area (Å²) >= 11 is 0. The average Bonchev–Trinajstić information content (AvgIpc) is 4.03. The number of carbonyl (C=O) groups excluding carboxylic acids is 2. The molecule has 0 aliphatic carbocycles. The van der Waals surface area contributed by atoms with E-state index in [1.165, 1.54) is 35.0 Å². The Morgan fingerprint density at radius 3 is 1.24 bits per heavy atom. The van der Waals surface area contributed by atoms with E-state index in [1.54, 1.807) is 24.3 Å². The molecular weight excluding hydrogens is 908 g/mol. The first-order valence-electron chi connectivity index (χ1n) is 23.7. The molecule has 2 heterocycles. The van der Waals surface area contributed by atoms with Crippen LogP contribution < -0.4 is 36.4 Å². The van der Waals surface area contributed by atoms with Crippen LogP contribution in [0.25, 0.3) is 0 Å². The molecule has 0 spiro atoms. The maximum absolute atomic E-state index is 12.7. The first kappa shape index (κ1) is 55.3. The van der Waals surface area contributed by atoms with Crippen LogP contribution in [0.2, 0.25) is 10.1 Å². The monoisotopic (exact) mass is 980 g/mol. The number of methoxy groups -OCH3 is 2. The molecule has 70 heavy (non-hydrogen) atoms. The average molecular weight is 981 g/mol. The second-order valence-corrected chi connectivity index (χ2v) is 28.1. The first-order valence-corrected chi connectivity index (χ1v) is 27.6. The Hall–Kier alpha value is -5.64. The van der Waals surface area contributed by atoms with Crippen molar-refractivity contribution >= 4 is 67.6 Å². The molecule has 0 amide bonds. The molecule has 6 aromatic carbocycles. The van der Waals surface area contributed by atoms with E-state index in [1.807, 2.05) is 48.5 Å². The van der Waals surface area contributed by atoms with Crippen LogP contribution in [0.3, 0.4) is 0 Å². The van der Waals surface area contributed by atoms with Crippen LogP contribution in [0.15, 0.2) is 182 Å². The van der Waals surface area contributed by atoms with Crippen molar-refractivity contribution in [1.82, 2.24) is 5.32 Å². The highest BCUT2D eigenvalue weighted by molar-refractivity contribution is 7.00. The van der Waals surface area contributed by atoms with Crippen LogP contribution in [0.4, 0.5) is 5.69 Å². The summed E-state index contributed by atoms with van der Waals surface area (Å²) in [6.07, 6.45) is 1.12. The number of esters is 2. The molecule has 0 radical (unpaired) electrons. The molecule has 10 nitrogen and oxygen atoms in total. The van der Waals surface area contributed by atoms with Crippen molar-refractivity contribution in [1.29, 1.82) is 0 Å². The molecule has 6 aromatic rings. The summed E-state index contributed by atoms with van der Waals surface area (Å²) in [5, 5.41) is 25.2. The van der Waals surface area contributed by atoms with Crippen LogP contribution in [-0.2, 0) is 27.9 Å². The molecule has 13 heteroatoms. The molecule has 370 valence electrons. The van der Waals surface area contributed by atoms with Gasteiger partial charge in [-0.2, -0.15) is 0 Å². The van der Waals surface area contributed by atoms with E-state index < -0.39 is 23.8 Å². The summed E-state index contributed by atoms with van der Waals surface area (Å²) in [7, 11) is -3.73. The molecule has 0 unspecified atom stereocenters. The predicted molar refractivity (Wildman–Crippen MR) is 291 cm³/mol. The molecule has 0 aromatic heterocycles. The maximum atomic E-state index is 12.7. The van der Waals surface area contributed by atoms with Gasteiger partial charge in [0.15, 0.2) is 0 Å². The van der Waals surface area contributed by atoms with Gasteiger partial charge in [0.25, 0.3) is 16.6 Å². The van der Waals surface area contributed by atoms with Crippen molar-refractivity contribution in [2.75, 3.05) is 32.2 Å². The van der Waals surface area contributed by atoms with Gasteiger partial charge in [0.1, 0.15) is 12.1 Å². The molecular formula is C57H73BN2O8Si2. The van der Waals surface area contributed by atoms with E-state index in [-0.39, 0.29) is 53.7 Å². The number of anilines is 1. The second-order valence-electron chi connectivity index (χ2n) is 19.6. The SMILES string of the molecule is C.COC(=O)[C@H]1C[C@H](O[Si](c2ccccc2)(c2ccccc2)C(C)(C)C)CN1.COC(=O)[C@H]1C[C@H](O[Si](c2ccccc2)(c2ccccc2)C(C)(C)C)CN1c1ccccc1.OB(O)c1ccccc1. The van der Waals surface area contributed by atoms with Crippen molar-refractivity contribution in [3.63, 3.8) is 0 Å². The van der Waals surface area contributed by atoms with Crippen LogP contribution in [0.1, 0.15) is 61.8 Å². The number of benzene rings is 6. The Kier molecular flexibility index (Phi) is 19.7. The van der Waals surface area contributed by atoms with E-state index >= 15 is 0 Å². The van der Waals surface area contributed by atoms with Crippen LogP contribution in [0.5, 0.6) is 0 Å². The van der Waals surface area contributed by atoms with Gasteiger partial charge >= 0.3 is 19.1 Å². The third kappa shape index (κ3) is 12.8. The lowest BCUT2D eigenvalue weighted by atomic mass is 9.81. The Balaban J connectivity index is 0.000000221. The van der Waals surface area contributed by atoms with Gasteiger partial charge in [-0.1, -0.05) is 219 Å². The van der Waals surface area contributed by atoms with Crippen molar-refractivity contribution in [2.45, 2.75) is 96.2 Å². The van der Waals surface area contributed by atoms with Gasteiger partial charge in [-0.25, -0.2) is 4.79 Å². The topological polar surface area (TPSA) is 127 Å². The van der Waals surface area contributed by atoms with Crippen molar-refractivity contribution in [3.05, 3.63) is 182 Å². The number of rotatable bonds is 12. The quantitative estimate of drug-likeness (QED) is 0.0886. The Labute approximate surface area is 419 Å². The van der Waals surface area contributed by atoms with Gasteiger partial charge in [0.05, 0.1) is 26.4 Å². The van der Waals surface area contributed by atoms with Gasteiger partial charge in [-0.3, -0.25) is 4.79 Å². The number of nitrogens with one attached hydrogen (secondary N) is 1. The number of carbonyl (C=O) groups is 2. The van der Waals surface area contributed by atoms with Crippen LogP contribution in [-0.4, -0.2) is 97.3 Å². The van der Waals surface area contributed by atoms with Gasteiger partial charge in [0, 0.05) is 25.2 Å². The van der Waals surface area contributed by atoms with Gasteiger partial charge in [-0.05, 0) is 54.8 Å². The molecule has 2 aliphatic heterocycles. The number of hydrogen-bond acceptors (Lipinski definition) is 10. The van der Waals surface area contributed by atoms with Crippen LogP contribution >= 0.6 is 0 Å². The van der Waals surface area contributed by atoms with Crippen molar-refractivity contribution in [3.8, 4) is 0 Å². The third-order valence-electron chi connectivity index (χ3n) is 13.0. The maximum Gasteiger partial charge on any atom is 0.488 e. The van der Waals surface area contributed by atoms with Crippen molar-refractivity contribution in [2.24, 2.45) is 0 Å². The molecule has 3 N–H and O–H groups in total. The highest BCUT2D eigenvalue weighted by atomic mass is 28.4. The van der Waals surface area contributed by atoms with Gasteiger partial charge < -0.3 is 38.6 Å². The van der Waals surface area contributed by atoms with E-state index in [4.69, 9.17) is 28.4 Å². The summed E-state index contributed by atoms with van der Waals surface area (Å²) in [5.74, 6) is -0.434. The van der Waals surface area contributed by atoms with Crippen molar-refractivity contribution < 1.29 is 38.0 Å². The first-order chi connectivity index (χ1) is 33.1. The zero-order valence-electron chi connectivity index (χ0n) is 41.3. The van der Waals surface area contributed by atoms with Crippen LogP contribution in [0, 0.1) is 0 Å². The number of para-hydroxylation sites is 1. The normalized spacial score (nSPS) is 17.9. The molecule has 0 bridgehead atoms. The Morgan fingerprint density at radius 1 is 0.543 bits per heavy atom. The summed E-state index contributed by atoms with van der Waals surface area (Å²) in [6.45, 7) is 14.9. The zero-order chi connectivity index (χ0) is 49.7. The summed E-state index contributed by atoms with van der Waals surface area (Å²) < 4.78 is 24.4. The fourth-order valence-corrected chi connectivity index (χ4v) is 19.1. The van der Waals surface area contributed by atoms with E-state index in [0.717, 1.165) is 5.69 Å². The number of hydrogen-bond donors (Lipinski definition) is 3.